The fourth-order valence-electron chi connectivity index (χ4n) is 2.23. The van der Waals surface area contributed by atoms with Crippen molar-refractivity contribution in [2.24, 2.45) is 5.92 Å². The molecule has 0 saturated carbocycles. The van der Waals surface area contributed by atoms with Crippen LogP contribution >= 0.6 is 0 Å². The van der Waals surface area contributed by atoms with E-state index in [2.05, 4.69) is 43.2 Å². The lowest BCUT2D eigenvalue weighted by atomic mass is 10.1. The summed E-state index contributed by atoms with van der Waals surface area (Å²) in [5.41, 5.74) is 0. The predicted octanol–water partition coefficient (Wildman–Crippen LogP) is 1.22. The molecule has 106 valence electrons. The fourth-order valence-corrected chi connectivity index (χ4v) is 2.23. The first-order valence-corrected chi connectivity index (χ1v) is 7.27. The van der Waals surface area contributed by atoms with E-state index in [1.54, 1.807) is 0 Å². The fraction of sp³-hybridized carbons (Fsp3) is 0.929. The van der Waals surface area contributed by atoms with Crippen LogP contribution in [-0.2, 0) is 4.79 Å². The topological polar surface area (TPSA) is 44.4 Å². The Morgan fingerprint density at radius 1 is 1.39 bits per heavy atom. The molecule has 4 nitrogen and oxygen atoms in total. The van der Waals surface area contributed by atoms with Crippen molar-refractivity contribution in [3.8, 4) is 0 Å². The standard InChI is InChI=1S/C14H29N3O/c1-5-12(4)15-9-14(18)16-8-13-6-7-17(10-13)11(2)3/h11-13,15H,5-10H2,1-4H3,(H,16,18). The highest BCUT2D eigenvalue weighted by atomic mass is 16.1. The summed E-state index contributed by atoms with van der Waals surface area (Å²) in [7, 11) is 0. The quantitative estimate of drug-likeness (QED) is 0.719. The van der Waals surface area contributed by atoms with Gasteiger partial charge in [0.1, 0.15) is 0 Å². The van der Waals surface area contributed by atoms with Gasteiger partial charge in [-0.15, -0.1) is 0 Å². The second kappa shape index (κ2) is 7.74. The molecule has 4 heteroatoms. The summed E-state index contributed by atoms with van der Waals surface area (Å²) in [6.45, 7) is 12.2. The number of amides is 1. The second-order valence-electron chi connectivity index (χ2n) is 5.74. The van der Waals surface area contributed by atoms with Gasteiger partial charge in [0.05, 0.1) is 6.54 Å². The average molecular weight is 255 g/mol. The number of carbonyl (C=O) groups excluding carboxylic acids is 1. The zero-order valence-electron chi connectivity index (χ0n) is 12.3. The first-order chi connectivity index (χ1) is 8.52. The van der Waals surface area contributed by atoms with Crippen LogP contribution in [0.25, 0.3) is 0 Å². The lowest BCUT2D eigenvalue weighted by molar-refractivity contribution is -0.120. The first-order valence-electron chi connectivity index (χ1n) is 7.27. The number of hydrogen-bond donors (Lipinski definition) is 2. The van der Waals surface area contributed by atoms with Crippen molar-refractivity contribution in [2.45, 2.75) is 52.6 Å². The normalized spacial score (nSPS) is 22.4. The molecule has 0 spiro atoms. The molecule has 18 heavy (non-hydrogen) atoms. The van der Waals surface area contributed by atoms with Gasteiger partial charge in [0, 0.05) is 25.2 Å². The summed E-state index contributed by atoms with van der Waals surface area (Å²) >= 11 is 0. The zero-order valence-corrected chi connectivity index (χ0v) is 12.3. The number of rotatable bonds is 7. The molecule has 2 unspecified atom stereocenters. The van der Waals surface area contributed by atoms with Gasteiger partial charge in [0.15, 0.2) is 0 Å². The van der Waals surface area contributed by atoms with Crippen molar-refractivity contribution in [3.63, 3.8) is 0 Å². The molecule has 1 heterocycles. The third-order valence-corrected chi connectivity index (χ3v) is 3.86. The minimum atomic E-state index is 0.123. The van der Waals surface area contributed by atoms with Gasteiger partial charge in [-0.3, -0.25) is 4.79 Å². The van der Waals surface area contributed by atoms with E-state index in [1.165, 1.54) is 13.0 Å². The number of carbonyl (C=O) groups is 1. The zero-order chi connectivity index (χ0) is 13.5. The van der Waals surface area contributed by atoms with E-state index in [0.717, 1.165) is 19.5 Å². The van der Waals surface area contributed by atoms with Gasteiger partial charge in [-0.1, -0.05) is 6.92 Å². The van der Waals surface area contributed by atoms with Crippen molar-refractivity contribution in [1.29, 1.82) is 0 Å². The minimum absolute atomic E-state index is 0.123. The highest BCUT2D eigenvalue weighted by Crippen LogP contribution is 2.17. The Kier molecular flexibility index (Phi) is 6.65. The largest absolute Gasteiger partial charge is 0.355 e. The van der Waals surface area contributed by atoms with Crippen LogP contribution in [0.4, 0.5) is 0 Å². The maximum Gasteiger partial charge on any atom is 0.233 e. The molecule has 0 aromatic rings. The number of nitrogens with zero attached hydrogens (tertiary/aromatic N) is 1. The van der Waals surface area contributed by atoms with E-state index in [1.807, 2.05) is 0 Å². The molecule has 2 N–H and O–H groups in total. The molecule has 1 rings (SSSR count). The summed E-state index contributed by atoms with van der Waals surface area (Å²) in [6.07, 6.45) is 2.26. The highest BCUT2D eigenvalue weighted by Gasteiger charge is 2.24. The van der Waals surface area contributed by atoms with E-state index >= 15 is 0 Å². The molecular weight excluding hydrogens is 226 g/mol. The van der Waals surface area contributed by atoms with Gasteiger partial charge in [-0.2, -0.15) is 0 Å². The summed E-state index contributed by atoms with van der Waals surface area (Å²) in [4.78, 5) is 14.1. The number of likely N-dealkylation sites (tertiary alicyclic amines) is 1. The van der Waals surface area contributed by atoms with Gasteiger partial charge in [-0.05, 0) is 46.1 Å². The Morgan fingerprint density at radius 2 is 2.11 bits per heavy atom. The highest BCUT2D eigenvalue weighted by molar-refractivity contribution is 5.78. The molecule has 0 radical (unpaired) electrons. The predicted molar refractivity (Wildman–Crippen MR) is 75.6 cm³/mol. The third-order valence-electron chi connectivity index (χ3n) is 3.86. The Bertz CT molecular complexity index is 255. The molecule has 0 bridgehead atoms. The third kappa shape index (κ3) is 5.36. The number of nitrogens with one attached hydrogen (secondary N) is 2. The van der Waals surface area contributed by atoms with Crippen LogP contribution in [0.2, 0.25) is 0 Å². The van der Waals surface area contributed by atoms with Gasteiger partial charge in [0.25, 0.3) is 0 Å². The van der Waals surface area contributed by atoms with E-state index in [4.69, 9.17) is 0 Å². The Hall–Kier alpha value is -0.610. The molecule has 1 aliphatic heterocycles. The van der Waals surface area contributed by atoms with E-state index < -0.39 is 0 Å². The molecule has 1 fully saturated rings. The second-order valence-corrected chi connectivity index (χ2v) is 5.74. The maximum absolute atomic E-state index is 11.6. The number of hydrogen-bond acceptors (Lipinski definition) is 3. The summed E-state index contributed by atoms with van der Waals surface area (Å²) < 4.78 is 0. The average Bonchev–Trinajstić information content (AvgIpc) is 2.82. The maximum atomic E-state index is 11.6. The molecule has 1 saturated heterocycles. The van der Waals surface area contributed by atoms with E-state index in [9.17, 15) is 4.79 Å². The van der Waals surface area contributed by atoms with Crippen molar-refractivity contribution in [3.05, 3.63) is 0 Å². The van der Waals surface area contributed by atoms with Crippen LogP contribution in [0.3, 0.4) is 0 Å². The molecular formula is C14H29N3O. The Morgan fingerprint density at radius 3 is 2.67 bits per heavy atom. The summed E-state index contributed by atoms with van der Waals surface area (Å²) in [6, 6.07) is 1.04. The first kappa shape index (κ1) is 15.4. The molecule has 2 atom stereocenters. The van der Waals surface area contributed by atoms with Crippen molar-refractivity contribution in [1.82, 2.24) is 15.5 Å². The van der Waals surface area contributed by atoms with Crippen molar-refractivity contribution < 1.29 is 4.79 Å². The Balaban J connectivity index is 2.12. The van der Waals surface area contributed by atoms with Gasteiger partial charge >= 0.3 is 0 Å². The molecule has 0 aromatic carbocycles. The molecule has 0 aliphatic carbocycles. The molecule has 1 aliphatic rings. The van der Waals surface area contributed by atoms with Gasteiger partial charge in [0.2, 0.25) is 5.91 Å². The van der Waals surface area contributed by atoms with Gasteiger partial charge in [-0.25, -0.2) is 0 Å². The van der Waals surface area contributed by atoms with Crippen LogP contribution in [0.1, 0.15) is 40.5 Å². The van der Waals surface area contributed by atoms with Crippen LogP contribution < -0.4 is 10.6 Å². The Labute approximate surface area is 111 Å². The van der Waals surface area contributed by atoms with Crippen LogP contribution in [-0.4, -0.2) is 49.1 Å². The van der Waals surface area contributed by atoms with Gasteiger partial charge < -0.3 is 15.5 Å². The van der Waals surface area contributed by atoms with Crippen molar-refractivity contribution >= 4 is 5.91 Å². The van der Waals surface area contributed by atoms with Crippen LogP contribution in [0, 0.1) is 5.92 Å². The molecule has 1 amide bonds. The monoisotopic (exact) mass is 255 g/mol. The SMILES string of the molecule is CCC(C)NCC(=O)NCC1CCN(C(C)C)C1. The summed E-state index contributed by atoms with van der Waals surface area (Å²) in [5.74, 6) is 0.748. The van der Waals surface area contributed by atoms with Crippen LogP contribution in [0.15, 0.2) is 0 Å². The molecule has 0 aromatic heterocycles. The lowest BCUT2D eigenvalue weighted by Crippen LogP contribution is -2.40. The summed E-state index contributed by atoms with van der Waals surface area (Å²) in [5, 5.41) is 6.25. The van der Waals surface area contributed by atoms with Crippen LogP contribution in [0.5, 0.6) is 0 Å². The minimum Gasteiger partial charge on any atom is -0.355 e. The van der Waals surface area contributed by atoms with E-state index in [0.29, 0.717) is 24.5 Å². The van der Waals surface area contributed by atoms with Crippen molar-refractivity contribution in [2.75, 3.05) is 26.2 Å². The smallest absolute Gasteiger partial charge is 0.233 e. The van der Waals surface area contributed by atoms with E-state index in [-0.39, 0.29) is 5.91 Å². The lowest BCUT2D eigenvalue weighted by Gasteiger charge is -2.20.